The van der Waals surface area contributed by atoms with Gasteiger partial charge in [0.2, 0.25) is 0 Å². The highest BCUT2D eigenvalue weighted by Crippen LogP contribution is 2.32. The Morgan fingerprint density at radius 3 is 2.94 bits per heavy atom. The summed E-state index contributed by atoms with van der Waals surface area (Å²) in [5.74, 6) is 1.77. The minimum Gasteiger partial charge on any atom is -0.312 e. The first kappa shape index (κ1) is 12.9. The van der Waals surface area contributed by atoms with E-state index in [-0.39, 0.29) is 0 Å². The van der Waals surface area contributed by atoms with Crippen molar-refractivity contribution in [3.63, 3.8) is 0 Å². The van der Waals surface area contributed by atoms with Crippen LogP contribution >= 0.6 is 38.9 Å². The van der Waals surface area contributed by atoms with Crippen molar-refractivity contribution in [2.24, 2.45) is 11.8 Å². The Kier molecular flexibility index (Phi) is 4.71. The van der Waals surface area contributed by atoms with Crippen LogP contribution in [0, 0.1) is 11.8 Å². The average molecular weight is 323 g/mol. The molecule has 1 aromatic heterocycles. The lowest BCUT2D eigenvalue weighted by Gasteiger charge is -2.15. The van der Waals surface area contributed by atoms with Crippen molar-refractivity contribution in [2.45, 2.75) is 32.7 Å². The van der Waals surface area contributed by atoms with Crippen molar-refractivity contribution in [1.82, 2.24) is 5.32 Å². The number of hydrogen-bond acceptors (Lipinski definition) is 2. The lowest BCUT2D eigenvalue weighted by molar-refractivity contribution is 0.392. The van der Waals surface area contributed by atoms with Crippen LogP contribution in [-0.4, -0.2) is 6.54 Å². The van der Waals surface area contributed by atoms with E-state index in [2.05, 4.69) is 34.2 Å². The van der Waals surface area contributed by atoms with Crippen LogP contribution in [0.5, 0.6) is 0 Å². The SMILES string of the molecule is CC1CCCC1CNCc1cc(Br)c(Cl)s1. The van der Waals surface area contributed by atoms with E-state index in [1.165, 1.54) is 24.1 Å². The standard InChI is InChI=1S/C12H17BrClNS/c1-8-3-2-4-9(8)6-15-7-10-5-11(13)12(14)16-10/h5,8-9,15H,2-4,6-7H2,1H3. The number of rotatable bonds is 4. The summed E-state index contributed by atoms with van der Waals surface area (Å²) < 4.78 is 1.87. The molecule has 0 aromatic carbocycles. The maximum atomic E-state index is 6.00. The Balaban J connectivity index is 1.75. The van der Waals surface area contributed by atoms with Crippen molar-refractivity contribution in [3.05, 3.63) is 19.8 Å². The summed E-state index contributed by atoms with van der Waals surface area (Å²) in [5.41, 5.74) is 0. The third kappa shape index (κ3) is 3.22. The Labute approximate surface area is 115 Å². The van der Waals surface area contributed by atoms with E-state index in [0.717, 1.165) is 33.7 Å². The molecule has 0 aliphatic heterocycles. The van der Waals surface area contributed by atoms with Crippen LogP contribution < -0.4 is 5.32 Å². The van der Waals surface area contributed by atoms with E-state index in [0.29, 0.717) is 0 Å². The van der Waals surface area contributed by atoms with Gasteiger partial charge in [-0.2, -0.15) is 0 Å². The molecule has 16 heavy (non-hydrogen) atoms. The molecule has 0 bridgehead atoms. The molecule has 1 aliphatic carbocycles. The van der Waals surface area contributed by atoms with Gasteiger partial charge in [0.15, 0.2) is 0 Å². The molecule has 2 rings (SSSR count). The molecule has 1 saturated carbocycles. The minimum absolute atomic E-state index is 0.853. The minimum atomic E-state index is 0.853. The quantitative estimate of drug-likeness (QED) is 0.848. The molecule has 0 radical (unpaired) electrons. The van der Waals surface area contributed by atoms with Crippen molar-refractivity contribution in [2.75, 3.05) is 6.54 Å². The number of nitrogens with one attached hydrogen (secondary N) is 1. The Hall–Kier alpha value is 0.430. The molecule has 4 heteroatoms. The topological polar surface area (TPSA) is 12.0 Å². The number of halogens is 2. The Bertz CT molecular complexity index is 333. The van der Waals surface area contributed by atoms with Gasteiger partial charge in [0, 0.05) is 15.9 Å². The molecule has 90 valence electrons. The maximum absolute atomic E-state index is 6.00. The second-order valence-corrected chi connectivity index (χ2v) is 7.23. The smallest absolute Gasteiger partial charge is 0.107 e. The van der Waals surface area contributed by atoms with Crippen LogP contribution in [0.25, 0.3) is 0 Å². The van der Waals surface area contributed by atoms with Gasteiger partial charge in [0.1, 0.15) is 4.34 Å². The van der Waals surface area contributed by atoms with E-state index in [1.54, 1.807) is 11.3 Å². The zero-order valence-corrected chi connectivity index (χ0v) is 12.6. The molecule has 1 nitrogen and oxygen atoms in total. The van der Waals surface area contributed by atoms with Gasteiger partial charge in [-0.3, -0.25) is 0 Å². The van der Waals surface area contributed by atoms with E-state index < -0.39 is 0 Å². The zero-order chi connectivity index (χ0) is 11.5. The Morgan fingerprint density at radius 2 is 2.38 bits per heavy atom. The summed E-state index contributed by atoms with van der Waals surface area (Å²) >= 11 is 11.1. The molecule has 1 N–H and O–H groups in total. The second kappa shape index (κ2) is 5.85. The lowest BCUT2D eigenvalue weighted by Crippen LogP contribution is -2.23. The van der Waals surface area contributed by atoms with Gasteiger partial charge in [-0.25, -0.2) is 0 Å². The fourth-order valence-electron chi connectivity index (χ4n) is 2.38. The molecule has 1 heterocycles. The van der Waals surface area contributed by atoms with E-state index in [1.807, 2.05) is 0 Å². The molecule has 2 atom stereocenters. The molecule has 1 aliphatic rings. The fourth-order valence-corrected chi connectivity index (χ4v) is 4.14. The summed E-state index contributed by atoms with van der Waals surface area (Å²) in [5, 5.41) is 3.55. The highest BCUT2D eigenvalue weighted by molar-refractivity contribution is 9.10. The third-order valence-electron chi connectivity index (χ3n) is 3.44. The predicted molar refractivity (Wildman–Crippen MR) is 75.2 cm³/mol. The summed E-state index contributed by atoms with van der Waals surface area (Å²) in [6.45, 7) is 4.46. The molecular weight excluding hydrogens is 306 g/mol. The van der Waals surface area contributed by atoms with E-state index in [4.69, 9.17) is 11.6 Å². The fraction of sp³-hybridized carbons (Fsp3) is 0.667. The first-order chi connectivity index (χ1) is 7.66. The van der Waals surface area contributed by atoms with Crippen molar-refractivity contribution in [1.29, 1.82) is 0 Å². The number of thiophene rings is 1. The maximum Gasteiger partial charge on any atom is 0.107 e. The summed E-state index contributed by atoms with van der Waals surface area (Å²) in [7, 11) is 0. The molecule has 1 fully saturated rings. The summed E-state index contributed by atoms with van der Waals surface area (Å²) in [6, 6.07) is 2.11. The highest BCUT2D eigenvalue weighted by atomic mass is 79.9. The van der Waals surface area contributed by atoms with Crippen molar-refractivity contribution < 1.29 is 0 Å². The van der Waals surface area contributed by atoms with Gasteiger partial charge in [-0.15, -0.1) is 11.3 Å². The van der Waals surface area contributed by atoms with Gasteiger partial charge in [-0.05, 0) is 46.8 Å². The lowest BCUT2D eigenvalue weighted by atomic mass is 9.98. The van der Waals surface area contributed by atoms with Crippen LogP contribution in [0.15, 0.2) is 10.5 Å². The van der Waals surface area contributed by atoms with Gasteiger partial charge in [0.25, 0.3) is 0 Å². The van der Waals surface area contributed by atoms with Crippen LogP contribution in [-0.2, 0) is 6.54 Å². The van der Waals surface area contributed by atoms with E-state index >= 15 is 0 Å². The first-order valence-electron chi connectivity index (χ1n) is 5.81. The largest absolute Gasteiger partial charge is 0.312 e. The Morgan fingerprint density at radius 1 is 1.56 bits per heavy atom. The summed E-state index contributed by atoms with van der Waals surface area (Å²) in [4.78, 5) is 1.31. The number of hydrogen-bond donors (Lipinski definition) is 1. The van der Waals surface area contributed by atoms with Crippen LogP contribution in [0.3, 0.4) is 0 Å². The molecule has 1 aromatic rings. The third-order valence-corrected chi connectivity index (χ3v) is 5.92. The first-order valence-corrected chi connectivity index (χ1v) is 7.80. The van der Waals surface area contributed by atoms with E-state index in [9.17, 15) is 0 Å². The molecular formula is C12H17BrClNS. The predicted octanol–water partition coefficient (Wildman–Crippen LogP) is 4.69. The second-order valence-electron chi connectivity index (χ2n) is 4.63. The summed E-state index contributed by atoms with van der Waals surface area (Å²) in [6.07, 6.45) is 4.20. The van der Waals surface area contributed by atoms with Crippen molar-refractivity contribution in [3.8, 4) is 0 Å². The van der Waals surface area contributed by atoms with Crippen LogP contribution in [0.1, 0.15) is 31.1 Å². The van der Waals surface area contributed by atoms with Gasteiger partial charge < -0.3 is 5.32 Å². The highest BCUT2D eigenvalue weighted by Gasteiger charge is 2.22. The van der Waals surface area contributed by atoms with Crippen LogP contribution in [0.4, 0.5) is 0 Å². The normalized spacial score (nSPS) is 25.2. The molecule has 2 unspecified atom stereocenters. The van der Waals surface area contributed by atoms with Crippen molar-refractivity contribution >= 4 is 38.9 Å². The van der Waals surface area contributed by atoms with Crippen LogP contribution in [0.2, 0.25) is 4.34 Å². The molecule has 0 amide bonds. The monoisotopic (exact) mass is 321 g/mol. The van der Waals surface area contributed by atoms with Gasteiger partial charge in [0.05, 0.1) is 0 Å². The zero-order valence-electron chi connectivity index (χ0n) is 9.43. The molecule has 0 spiro atoms. The van der Waals surface area contributed by atoms with Gasteiger partial charge >= 0.3 is 0 Å². The average Bonchev–Trinajstić information content (AvgIpc) is 2.76. The molecule has 0 saturated heterocycles. The van der Waals surface area contributed by atoms with Gasteiger partial charge in [-0.1, -0.05) is 31.4 Å².